The van der Waals surface area contributed by atoms with Crippen molar-refractivity contribution in [2.75, 3.05) is 26.7 Å². The van der Waals surface area contributed by atoms with Crippen LogP contribution in [0.5, 0.6) is 5.75 Å². The fraction of sp³-hybridized carbons (Fsp3) is 0.368. The number of methoxy groups -OCH3 is 1. The SMILES string of the molecule is COc1ccc(CNC[C@]2(O)CN(S(=O)(=O)c3ccccc3)C[C@H]2O)cc1. The molecule has 0 saturated carbocycles. The summed E-state index contributed by atoms with van der Waals surface area (Å²) in [5, 5.41) is 24.1. The van der Waals surface area contributed by atoms with E-state index < -0.39 is 21.7 Å². The van der Waals surface area contributed by atoms with Crippen LogP contribution < -0.4 is 10.1 Å². The average molecular weight is 392 g/mol. The average Bonchev–Trinajstić information content (AvgIpc) is 2.99. The minimum atomic E-state index is -3.76. The first-order chi connectivity index (χ1) is 12.8. The Morgan fingerprint density at radius 2 is 1.85 bits per heavy atom. The molecule has 1 aliphatic heterocycles. The Balaban J connectivity index is 1.62. The second-order valence-corrected chi connectivity index (χ2v) is 8.62. The molecule has 8 heteroatoms. The van der Waals surface area contributed by atoms with Crippen LogP contribution in [0.15, 0.2) is 59.5 Å². The summed E-state index contributed by atoms with van der Waals surface area (Å²) in [6.45, 7) is 0.240. The minimum absolute atomic E-state index is 0.0704. The van der Waals surface area contributed by atoms with E-state index >= 15 is 0 Å². The Hall–Kier alpha value is -1.97. The molecule has 3 N–H and O–H groups in total. The van der Waals surface area contributed by atoms with E-state index in [0.717, 1.165) is 15.6 Å². The maximum Gasteiger partial charge on any atom is 0.243 e. The zero-order chi connectivity index (χ0) is 19.5. The molecule has 3 rings (SSSR count). The van der Waals surface area contributed by atoms with E-state index in [-0.39, 0.29) is 24.5 Å². The molecule has 2 aromatic carbocycles. The lowest BCUT2D eigenvalue weighted by molar-refractivity contribution is -0.0384. The summed E-state index contributed by atoms with van der Waals surface area (Å²) < 4.78 is 31.6. The summed E-state index contributed by atoms with van der Waals surface area (Å²) in [4.78, 5) is 0.146. The molecule has 2 aromatic rings. The van der Waals surface area contributed by atoms with Crippen molar-refractivity contribution in [2.45, 2.75) is 23.1 Å². The van der Waals surface area contributed by atoms with Crippen molar-refractivity contribution in [1.29, 1.82) is 0 Å². The summed E-state index contributed by atoms with van der Waals surface area (Å²) >= 11 is 0. The van der Waals surface area contributed by atoms with Gasteiger partial charge < -0.3 is 20.3 Å². The van der Waals surface area contributed by atoms with Crippen molar-refractivity contribution in [3.63, 3.8) is 0 Å². The van der Waals surface area contributed by atoms with Gasteiger partial charge in [-0.3, -0.25) is 0 Å². The standard InChI is InChI=1S/C19H24N2O5S/c1-26-16-9-7-15(8-10-16)11-20-13-19(23)14-21(12-18(19)22)27(24,25)17-5-3-2-4-6-17/h2-10,18,20,22-23H,11-14H2,1H3/t18-,19+/m1/s1. The third-order valence-electron chi connectivity index (χ3n) is 4.75. The monoisotopic (exact) mass is 392 g/mol. The molecule has 1 aliphatic rings. The van der Waals surface area contributed by atoms with Crippen molar-refractivity contribution in [3.8, 4) is 5.75 Å². The molecule has 0 aliphatic carbocycles. The van der Waals surface area contributed by atoms with E-state index in [1.807, 2.05) is 24.3 Å². The zero-order valence-electron chi connectivity index (χ0n) is 15.1. The molecule has 0 spiro atoms. The molecule has 2 atom stereocenters. The van der Waals surface area contributed by atoms with E-state index in [1.54, 1.807) is 25.3 Å². The van der Waals surface area contributed by atoms with Crippen LogP contribution in [-0.4, -0.2) is 61.4 Å². The van der Waals surface area contributed by atoms with Gasteiger partial charge >= 0.3 is 0 Å². The first-order valence-electron chi connectivity index (χ1n) is 8.64. The van der Waals surface area contributed by atoms with E-state index in [1.165, 1.54) is 12.1 Å². The molecule has 146 valence electrons. The number of aliphatic hydroxyl groups is 2. The lowest BCUT2D eigenvalue weighted by Gasteiger charge is -2.26. The lowest BCUT2D eigenvalue weighted by Crippen LogP contribution is -2.50. The first kappa shape index (κ1) is 19.8. The quantitative estimate of drug-likeness (QED) is 0.638. The number of β-amino-alcohol motifs (C(OH)–C–C–N with tert-alkyl or cyclic N) is 2. The van der Waals surface area contributed by atoms with Crippen LogP contribution in [0.3, 0.4) is 0 Å². The van der Waals surface area contributed by atoms with Crippen molar-refractivity contribution in [2.24, 2.45) is 0 Å². The van der Waals surface area contributed by atoms with Crippen LogP contribution >= 0.6 is 0 Å². The van der Waals surface area contributed by atoms with Crippen LogP contribution in [0.25, 0.3) is 0 Å². The van der Waals surface area contributed by atoms with Crippen molar-refractivity contribution in [3.05, 3.63) is 60.2 Å². The van der Waals surface area contributed by atoms with Gasteiger partial charge in [0.15, 0.2) is 0 Å². The van der Waals surface area contributed by atoms with Crippen LogP contribution in [0.4, 0.5) is 0 Å². The summed E-state index contributed by atoms with van der Waals surface area (Å²) in [7, 11) is -2.16. The fourth-order valence-corrected chi connectivity index (χ4v) is 4.63. The van der Waals surface area contributed by atoms with Crippen LogP contribution in [0, 0.1) is 0 Å². The Bertz CT molecular complexity index is 857. The number of nitrogens with zero attached hydrogens (tertiary/aromatic N) is 1. The second-order valence-electron chi connectivity index (χ2n) is 6.68. The predicted molar refractivity (Wildman–Crippen MR) is 101 cm³/mol. The van der Waals surface area contributed by atoms with Gasteiger partial charge in [0, 0.05) is 26.2 Å². The van der Waals surface area contributed by atoms with E-state index in [9.17, 15) is 18.6 Å². The van der Waals surface area contributed by atoms with Crippen molar-refractivity contribution >= 4 is 10.0 Å². The van der Waals surface area contributed by atoms with Gasteiger partial charge in [-0.1, -0.05) is 30.3 Å². The molecule has 0 amide bonds. The van der Waals surface area contributed by atoms with Crippen molar-refractivity contribution < 1.29 is 23.4 Å². The molecule has 0 unspecified atom stereocenters. The molecule has 27 heavy (non-hydrogen) atoms. The van der Waals surface area contributed by atoms with Crippen LogP contribution in [-0.2, 0) is 16.6 Å². The molecular formula is C19H24N2O5S. The Labute approximate surface area is 159 Å². The second kappa shape index (κ2) is 7.95. The smallest absolute Gasteiger partial charge is 0.243 e. The Morgan fingerprint density at radius 1 is 1.19 bits per heavy atom. The van der Waals surface area contributed by atoms with Gasteiger partial charge in [0.25, 0.3) is 0 Å². The minimum Gasteiger partial charge on any atom is -0.497 e. The molecule has 7 nitrogen and oxygen atoms in total. The summed E-state index contributed by atoms with van der Waals surface area (Å²) in [6, 6.07) is 15.5. The first-order valence-corrected chi connectivity index (χ1v) is 10.1. The van der Waals surface area contributed by atoms with Gasteiger partial charge in [-0.05, 0) is 29.8 Å². The highest BCUT2D eigenvalue weighted by molar-refractivity contribution is 7.89. The number of hydrogen-bond donors (Lipinski definition) is 3. The molecule has 1 heterocycles. The molecule has 0 radical (unpaired) electrons. The number of nitrogens with one attached hydrogen (secondary N) is 1. The van der Waals surface area contributed by atoms with Gasteiger partial charge in [-0.25, -0.2) is 8.42 Å². The molecule has 1 fully saturated rings. The maximum absolute atomic E-state index is 12.7. The highest BCUT2D eigenvalue weighted by Crippen LogP contribution is 2.27. The number of benzene rings is 2. The third-order valence-corrected chi connectivity index (χ3v) is 6.57. The highest BCUT2D eigenvalue weighted by Gasteiger charge is 2.48. The third kappa shape index (κ3) is 4.31. The largest absolute Gasteiger partial charge is 0.497 e. The lowest BCUT2D eigenvalue weighted by atomic mass is 10.0. The number of ether oxygens (including phenoxy) is 1. The van der Waals surface area contributed by atoms with Gasteiger partial charge in [-0.15, -0.1) is 0 Å². The normalized spacial score (nSPS) is 23.4. The van der Waals surface area contributed by atoms with Gasteiger partial charge in [-0.2, -0.15) is 4.31 Å². The molecule has 0 aromatic heterocycles. The maximum atomic E-state index is 12.7. The van der Waals surface area contributed by atoms with Crippen LogP contribution in [0.1, 0.15) is 5.56 Å². The summed E-state index contributed by atoms with van der Waals surface area (Å²) in [6.07, 6.45) is -1.17. The van der Waals surface area contributed by atoms with E-state index in [0.29, 0.717) is 6.54 Å². The Morgan fingerprint density at radius 3 is 2.48 bits per heavy atom. The topological polar surface area (TPSA) is 99.1 Å². The van der Waals surface area contributed by atoms with Crippen LogP contribution in [0.2, 0.25) is 0 Å². The van der Waals surface area contributed by atoms with Gasteiger partial charge in [0.2, 0.25) is 10.0 Å². The Kier molecular flexibility index (Phi) is 5.83. The molecule has 0 bridgehead atoms. The molecule has 1 saturated heterocycles. The van der Waals surface area contributed by atoms with E-state index in [4.69, 9.17) is 4.74 Å². The predicted octanol–water partition coefficient (Wildman–Crippen LogP) is 0.581. The fourth-order valence-electron chi connectivity index (χ4n) is 3.10. The van der Waals surface area contributed by atoms with Gasteiger partial charge in [0.1, 0.15) is 11.4 Å². The molecular weight excluding hydrogens is 368 g/mol. The number of sulfonamides is 1. The van der Waals surface area contributed by atoms with Crippen molar-refractivity contribution in [1.82, 2.24) is 9.62 Å². The highest BCUT2D eigenvalue weighted by atomic mass is 32.2. The summed E-state index contributed by atoms with van der Waals surface area (Å²) in [5.41, 5.74) is -0.561. The van der Waals surface area contributed by atoms with E-state index in [2.05, 4.69) is 5.32 Å². The number of rotatable bonds is 7. The zero-order valence-corrected chi connectivity index (χ0v) is 15.9. The summed E-state index contributed by atoms with van der Waals surface area (Å²) in [5.74, 6) is 0.755. The number of hydrogen-bond acceptors (Lipinski definition) is 6. The van der Waals surface area contributed by atoms with Gasteiger partial charge in [0.05, 0.1) is 18.1 Å². The number of aliphatic hydroxyl groups excluding tert-OH is 1.